The molecule has 4 rings (SSSR count). The summed E-state index contributed by atoms with van der Waals surface area (Å²) >= 11 is 0. The highest BCUT2D eigenvalue weighted by Crippen LogP contribution is 2.24. The largest absolute Gasteiger partial charge is 0.432 e. The van der Waals surface area contributed by atoms with Gasteiger partial charge in [-0.15, -0.1) is 0 Å². The minimum absolute atomic E-state index is 0.216. The van der Waals surface area contributed by atoms with Crippen molar-refractivity contribution in [2.24, 2.45) is 0 Å². The van der Waals surface area contributed by atoms with Crippen molar-refractivity contribution < 1.29 is 9.21 Å². The second-order valence-electron chi connectivity index (χ2n) is 7.13. The Balaban J connectivity index is 1.31. The number of rotatable bonds is 6. The zero-order chi connectivity index (χ0) is 20.9. The lowest BCUT2D eigenvalue weighted by Gasteiger charge is -2.36. The SMILES string of the molecule is CCNC(=O)Nc1nc(CN2CCN(c3ccc(-c4ncc[nH]4)nc3C)CC2)co1. The van der Waals surface area contributed by atoms with E-state index in [1.807, 2.05) is 19.9 Å². The van der Waals surface area contributed by atoms with Gasteiger partial charge in [0, 0.05) is 51.7 Å². The molecular weight excluding hydrogens is 384 g/mol. The van der Waals surface area contributed by atoms with Gasteiger partial charge in [-0.2, -0.15) is 4.98 Å². The molecule has 0 unspecified atom stereocenters. The third-order valence-corrected chi connectivity index (χ3v) is 5.01. The number of H-pyrrole nitrogens is 1. The summed E-state index contributed by atoms with van der Waals surface area (Å²) in [6, 6.07) is 4.02. The number of nitrogens with one attached hydrogen (secondary N) is 3. The lowest BCUT2D eigenvalue weighted by atomic mass is 10.2. The Hall–Kier alpha value is -3.40. The van der Waals surface area contributed by atoms with Crippen LogP contribution in [-0.4, -0.2) is 63.6 Å². The predicted molar refractivity (Wildman–Crippen MR) is 113 cm³/mol. The quantitative estimate of drug-likeness (QED) is 0.571. The topological polar surface area (TPSA) is 115 Å². The highest BCUT2D eigenvalue weighted by Gasteiger charge is 2.20. The number of anilines is 2. The number of aromatic amines is 1. The molecule has 3 aromatic heterocycles. The average molecular weight is 410 g/mol. The second kappa shape index (κ2) is 8.95. The van der Waals surface area contributed by atoms with Gasteiger partial charge in [0.2, 0.25) is 0 Å². The van der Waals surface area contributed by atoms with Gasteiger partial charge in [0.1, 0.15) is 12.0 Å². The van der Waals surface area contributed by atoms with Crippen LogP contribution in [0.4, 0.5) is 16.5 Å². The number of piperazine rings is 1. The summed E-state index contributed by atoms with van der Waals surface area (Å²) in [4.78, 5) is 32.6. The van der Waals surface area contributed by atoms with Crippen LogP contribution < -0.4 is 15.5 Å². The minimum Gasteiger partial charge on any atom is -0.432 e. The van der Waals surface area contributed by atoms with E-state index >= 15 is 0 Å². The lowest BCUT2D eigenvalue weighted by Crippen LogP contribution is -2.46. The summed E-state index contributed by atoms with van der Waals surface area (Å²) in [5.74, 6) is 0.781. The second-order valence-corrected chi connectivity index (χ2v) is 7.13. The van der Waals surface area contributed by atoms with Crippen LogP contribution in [0.15, 0.2) is 35.2 Å². The molecule has 1 aliphatic heterocycles. The highest BCUT2D eigenvalue weighted by atomic mass is 16.4. The molecule has 1 saturated heterocycles. The number of aromatic nitrogens is 4. The number of amides is 2. The van der Waals surface area contributed by atoms with E-state index < -0.39 is 0 Å². The van der Waals surface area contributed by atoms with E-state index in [0.29, 0.717) is 13.1 Å². The molecule has 30 heavy (non-hydrogen) atoms. The summed E-state index contributed by atoms with van der Waals surface area (Å²) in [5, 5.41) is 5.23. The van der Waals surface area contributed by atoms with E-state index in [1.165, 1.54) is 0 Å². The van der Waals surface area contributed by atoms with Crippen LogP contribution in [0.25, 0.3) is 11.5 Å². The highest BCUT2D eigenvalue weighted by molar-refractivity contribution is 5.86. The molecule has 3 aromatic rings. The summed E-state index contributed by atoms with van der Waals surface area (Å²) in [6.45, 7) is 8.75. The number of hydrogen-bond acceptors (Lipinski definition) is 7. The maximum atomic E-state index is 11.5. The molecule has 10 nitrogen and oxygen atoms in total. The van der Waals surface area contributed by atoms with Gasteiger partial charge >= 0.3 is 12.0 Å². The van der Waals surface area contributed by atoms with E-state index in [2.05, 4.69) is 41.5 Å². The number of aryl methyl sites for hydroxylation is 1. The van der Waals surface area contributed by atoms with Crippen molar-refractivity contribution in [3.05, 3.63) is 42.2 Å². The maximum absolute atomic E-state index is 11.5. The third kappa shape index (κ3) is 4.60. The third-order valence-electron chi connectivity index (χ3n) is 5.01. The summed E-state index contributed by atoms with van der Waals surface area (Å²) in [5.41, 5.74) is 3.80. The van der Waals surface area contributed by atoms with Crippen molar-refractivity contribution in [1.29, 1.82) is 0 Å². The standard InChI is InChI=1S/C20H26N8O2/c1-3-21-19(29)26-20-25-15(13-30-20)12-27-8-10-28(11-9-27)17-5-4-16(24-14(17)2)18-22-6-7-23-18/h4-7,13H,3,8-12H2,1-2H3,(H,22,23)(H2,21,25,26,29). The van der Waals surface area contributed by atoms with Crippen molar-refractivity contribution in [3.63, 3.8) is 0 Å². The molecule has 0 spiro atoms. The van der Waals surface area contributed by atoms with E-state index in [0.717, 1.165) is 54.8 Å². The number of carbonyl (C=O) groups excluding carboxylic acids is 1. The monoisotopic (exact) mass is 410 g/mol. The average Bonchev–Trinajstić information content (AvgIpc) is 3.41. The number of oxazole rings is 1. The summed E-state index contributed by atoms with van der Waals surface area (Å²) in [7, 11) is 0. The van der Waals surface area contributed by atoms with Crippen LogP contribution >= 0.6 is 0 Å². The van der Waals surface area contributed by atoms with Gasteiger partial charge in [-0.1, -0.05) is 0 Å². The van der Waals surface area contributed by atoms with Crippen molar-refractivity contribution in [2.75, 3.05) is 42.9 Å². The summed E-state index contributed by atoms with van der Waals surface area (Å²) < 4.78 is 5.34. The number of hydrogen-bond donors (Lipinski definition) is 3. The van der Waals surface area contributed by atoms with Gasteiger partial charge in [0.25, 0.3) is 0 Å². The molecule has 0 bridgehead atoms. The maximum Gasteiger partial charge on any atom is 0.322 e. The Morgan fingerprint density at radius 2 is 2.07 bits per heavy atom. The molecule has 1 aliphatic rings. The fourth-order valence-electron chi connectivity index (χ4n) is 3.54. The molecule has 10 heteroatoms. The fourth-order valence-corrected chi connectivity index (χ4v) is 3.54. The lowest BCUT2D eigenvalue weighted by molar-refractivity contribution is 0.247. The first-order chi connectivity index (χ1) is 14.6. The van der Waals surface area contributed by atoms with Gasteiger partial charge in [-0.05, 0) is 26.0 Å². The van der Waals surface area contributed by atoms with Crippen LogP contribution in [0.2, 0.25) is 0 Å². The van der Waals surface area contributed by atoms with Crippen LogP contribution in [0.1, 0.15) is 18.3 Å². The minimum atomic E-state index is -0.318. The van der Waals surface area contributed by atoms with Crippen molar-refractivity contribution in [1.82, 2.24) is 30.2 Å². The van der Waals surface area contributed by atoms with E-state index in [1.54, 1.807) is 18.7 Å². The molecule has 1 fully saturated rings. The number of carbonyl (C=O) groups is 1. The molecule has 0 aliphatic carbocycles. The molecule has 0 aromatic carbocycles. The van der Waals surface area contributed by atoms with Crippen LogP contribution in [0.3, 0.4) is 0 Å². The van der Waals surface area contributed by atoms with Crippen LogP contribution in [0, 0.1) is 6.92 Å². The first kappa shape index (κ1) is 19.9. The van der Waals surface area contributed by atoms with Gasteiger partial charge < -0.3 is 19.6 Å². The Bertz CT molecular complexity index is 977. The van der Waals surface area contributed by atoms with Crippen molar-refractivity contribution in [2.45, 2.75) is 20.4 Å². The van der Waals surface area contributed by atoms with E-state index in [-0.39, 0.29) is 12.0 Å². The Morgan fingerprint density at radius 1 is 1.23 bits per heavy atom. The Morgan fingerprint density at radius 3 is 2.77 bits per heavy atom. The van der Waals surface area contributed by atoms with Gasteiger partial charge in [0.05, 0.1) is 17.1 Å². The predicted octanol–water partition coefficient (Wildman–Crippen LogP) is 2.23. The number of pyridine rings is 1. The Labute approximate surface area is 174 Å². The molecule has 0 radical (unpaired) electrons. The number of imidazole rings is 1. The molecule has 0 atom stereocenters. The van der Waals surface area contributed by atoms with Gasteiger partial charge in [-0.3, -0.25) is 10.2 Å². The first-order valence-electron chi connectivity index (χ1n) is 10.1. The smallest absolute Gasteiger partial charge is 0.322 e. The molecule has 4 heterocycles. The zero-order valence-corrected chi connectivity index (χ0v) is 17.2. The van der Waals surface area contributed by atoms with E-state index in [9.17, 15) is 4.79 Å². The van der Waals surface area contributed by atoms with Gasteiger partial charge in [-0.25, -0.2) is 14.8 Å². The van der Waals surface area contributed by atoms with Crippen molar-refractivity contribution in [3.8, 4) is 11.5 Å². The number of urea groups is 1. The van der Waals surface area contributed by atoms with Crippen LogP contribution in [-0.2, 0) is 6.54 Å². The molecule has 3 N–H and O–H groups in total. The summed E-state index contributed by atoms with van der Waals surface area (Å²) in [6.07, 6.45) is 5.12. The molecule has 158 valence electrons. The first-order valence-corrected chi connectivity index (χ1v) is 10.1. The fraction of sp³-hybridized carbons (Fsp3) is 0.400. The number of nitrogens with zero attached hydrogens (tertiary/aromatic N) is 5. The zero-order valence-electron chi connectivity index (χ0n) is 17.2. The van der Waals surface area contributed by atoms with Crippen molar-refractivity contribution >= 4 is 17.7 Å². The van der Waals surface area contributed by atoms with Gasteiger partial charge in [0.15, 0.2) is 5.82 Å². The molecule has 2 amide bonds. The van der Waals surface area contributed by atoms with E-state index in [4.69, 9.17) is 9.40 Å². The Kier molecular flexibility index (Phi) is 5.94. The molecule has 0 saturated carbocycles. The normalized spacial score (nSPS) is 14.7. The molecular formula is C20H26N8O2. The van der Waals surface area contributed by atoms with Crippen LogP contribution in [0.5, 0.6) is 0 Å².